The highest BCUT2D eigenvalue weighted by atomic mass is 32.1. The highest BCUT2D eigenvalue weighted by Gasteiger charge is 2.11. The second-order valence-electron chi connectivity index (χ2n) is 6.79. The van der Waals surface area contributed by atoms with E-state index in [1.54, 1.807) is 6.07 Å². The summed E-state index contributed by atoms with van der Waals surface area (Å²) in [6, 6.07) is 20.8. The van der Waals surface area contributed by atoms with Gasteiger partial charge in [-0.3, -0.25) is 10.1 Å². The summed E-state index contributed by atoms with van der Waals surface area (Å²) in [5.74, 6) is 0.326. The molecule has 1 heterocycles. The van der Waals surface area contributed by atoms with Gasteiger partial charge in [0.2, 0.25) is 5.89 Å². The third kappa shape index (κ3) is 4.17. The van der Waals surface area contributed by atoms with Crippen molar-refractivity contribution in [3.63, 3.8) is 0 Å². The van der Waals surface area contributed by atoms with Crippen LogP contribution < -0.4 is 10.6 Å². The Morgan fingerprint density at radius 2 is 1.76 bits per heavy atom. The number of anilines is 1. The SMILES string of the molecule is Cc1ccc2nc(-c3ccc(NC(=S)NC(=O)c4ccccc4C)cc3)oc2c1. The zero-order valence-electron chi connectivity index (χ0n) is 16.0. The van der Waals surface area contributed by atoms with Crippen molar-refractivity contribution in [2.24, 2.45) is 0 Å². The Labute approximate surface area is 173 Å². The molecule has 0 fully saturated rings. The van der Waals surface area contributed by atoms with Gasteiger partial charge in [-0.25, -0.2) is 4.98 Å². The highest BCUT2D eigenvalue weighted by Crippen LogP contribution is 2.26. The molecule has 3 aromatic carbocycles. The van der Waals surface area contributed by atoms with Crippen LogP contribution >= 0.6 is 12.2 Å². The first kappa shape index (κ1) is 18.8. The van der Waals surface area contributed by atoms with E-state index in [0.29, 0.717) is 11.5 Å². The average Bonchev–Trinajstić information content (AvgIpc) is 3.12. The van der Waals surface area contributed by atoms with E-state index in [-0.39, 0.29) is 11.0 Å². The molecule has 144 valence electrons. The van der Waals surface area contributed by atoms with Crippen molar-refractivity contribution in [3.05, 3.63) is 83.4 Å². The van der Waals surface area contributed by atoms with Crippen LogP contribution in [0.3, 0.4) is 0 Å². The van der Waals surface area contributed by atoms with E-state index >= 15 is 0 Å². The second kappa shape index (κ2) is 7.85. The largest absolute Gasteiger partial charge is 0.436 e. The molecule has 4 rings (SSSR count). The van der Waals surface area contributed by atoms with Crippen LogP contribution in [0.4, 0.5) is 5.69 Å². The van der Waals surface area contributed by atoms with Crippen LogP contribution in [-0.4, -0.2) is 16.0 Å². The van der Waals surface area contributed by atoms with Gasteiger partial charge in [-0.1, -0.05) is 24.3 Å². The number of amides is 1. The van der Waals surface area contributed by atoms with Crippen molar-refractivity contribution in [3.8, 4) is 11.5 Å². The summed E-state index contributed by atoms with van der Waals surface area (Å²) >= 11 is 5.26. The van der Waals surface area contributed by atoms with Crippen molar-refractivity contribution in [2.45, 2.75) is 13.8 Å². The van der Waals surface area contributed by atoms with Crippen LogP contribution in [0.2, 0.25) is 0 Å². The Morgan fingerprint density at radius 3 is 2.52 bits per heavy atom. The number of carbonyl (C=O) groups is 1. The number of aromatic nitrogens is 1. The minimum absolute atomic E-state index is 0.237. The first-order valence-corrected chi connectivity index (χ1v) is 9.56. The maximum absolute atomic E-state index is 12.4. The fraction of sp³-hybridized carbons (Fsp3) is 0.0870. The summed E-state index contributed by atoms with van der Waals surface area (Å²) in [6.45, 7) is 3.90. The van der Waals surface area contributed by atoms with Gasteiger partial charge in [0.05, 0.1) is 0 Å². The van der Waals surface area contributed by atoms with Crippen molar-refractivity contribution < 1.29 is 9.21 Å². The van der Waals surface area contributed by atoms with Crippen LogP contribution in [0.15, 0.2) is 71.1 Å². The lowest BCUT2D eigenvalue weighted by Gasteiger charge is -2.11. The normalized spacial score (nSPS) is 10.7. The molecule has 29 heavy (non-hydrogen) atoms. The number of carbonyl (C=O) groups excluding carboxylic acids is 1. The summed E-state index contributed by atoms with van der Waals surface area (Å²) in [5.41, 5.74) is 5.83. The van der Waals surface area contributed by atoms with Crippen LogP contribution in [0.25, 0.3) is 22.6 Å². The van der Waals surface area contributed by atoms with Crippen LogP contribution in [-0.2, 0) is 0 Å². The van der Waals surface area contributed by atoms with Crippen LogP contribution in [0, 0.1) is 13.8 Å². The predicted molar refractivity (Wildman–Crippen MR) is 119 cm³/mol. The first-order valence-electron chi connectivity index (χ1n) is 9.15. The maximum Gasteiger partial charge on any atom is 0.257 e. The van der Waals surface area contributed by atoms with Gasteiger partial charge in [0.15, 0.2) is 10.7 Å². The molecule has 5 nitrogen and oxygen atoms in total. The summed E-state index contributed by atoms with van der Waals surface area (Å²) in [5, 5.41) is 5.97. The predicted octanol–water partition coefficient (Wildman–Crippen LogP) is 5.24. The maximum atomic E-state index is 12.4. The molecular weight excluding hydrogens is 382 g/mol. The summed E-state index contributed by atoms with van der Waals surface area (Å²) < 4.78 is 5.85. The van der Waals surface area contributed by atoms with E-state index in [1.165, 1.54) is 0 Å². The van der Waals surface area contributed by atoms with Gasteiger partial charge in [0.25, 0.3) is 5.91 Å². The molecule has 0 aliphatic heterocycles. The Kier molecular flexibility index (Phi) is 5.10. The number of hydrogen-bond acceptors (Lipinski definition) is 4. The lowest BCUT2D eigenvalue weighted by atomic mass is 10.1. The number of oxazole rings is 1. The molecule has 2 N–H and O–H groups in total. The molecule has 0 spiro atoms. The molecule has 4 aromatic rings. The summed E-state index contributed by atoms with van der Waals surface area (Å²) in [6.07, 6.45) is 0. The Balaban J connectivity index is 1.44. The van der Waals surface area contributed by atoms with E-state index in [0.717, 1.165) is 33.5 Å². The van der Waals surface area contributed by atoms with Gasteiger partial charge >= 0.3 is 0 Å². The van der Waals surface area contributed by atoms with Crippen molar-refractivity contribution in [1.29, 1.82) is 0 Å². The van der Waals surface area contributed by atoms with Gasteiger partial charge in [-0.2, -0.15) is 0 Å². The number of rotatable bonds is 3. The van der Waals surface area contributed by atoms with E-state index in [1.807, 2.05) is 74.5 Å². The smallest absolute Gasteiger partial charge is 0.257 e. The molecule has 0 unspecified atom stereocenters. The Hall–Kier alpha value is -3.51. The molecule has 0 aliphatic rings. The third-order valence-corrected chi connectivity index (χ3v) is 4.75. The van der Waals surface area contributed by atoms with Crippen molar-refractivity contribution in [1.82, 2.24) is 10.3 Å². The number of nitrogens with one attached hydrogen (secondary N) is 2. The zero-order valence-corrected chi connectivity index (χ0v) is 16.8. The molecule has 0 saturated carbocycles. The fourth-order valence-corrected chi connectivity index (χ4v) is 3.22. The van der Waals surface area contributed by atoms with Gasteiger partial charge < -0.3 is 9.73 Å². The number of hydrogen-bond donors (Lipinski definition) is 2. The van der Waals surface area contributed by atoms with Gasteiger partial charge in [0.1, 0.15) is 5.52 Å². The van der Waals surface area contributed by atoms with Crippen LogP contribution in [0.1, 0.15) is 21.5 Å². The molecule has 6 heteroatoms. The third-order valence-electron chi connectivity index (χ3n) is 4.55. The molecule has 1 aromatic heterocycles. The minimum Gasteiger partial charge on any atom is -0.436 e. The molecule has 0 aliphatic carbocycles. The number of thiocarbonyl (C=S) groups is 1. The molecule has 0 bridgehead atoms. The number of fused-ring (bicyclic) bond motifs is 1. The van der Waals surface area contributed by atoms with Gasteiger partial charge in [0, 0.05) is 16.8 Å². The quantitative estimate of drug-likeness (QED) is 0.460. The number of benzene rings is 3. The highest BCUT2D eigenvalue weighted by molar-refractivity contribution is 7.80. The first-order chi connectivity index (χ1) is 14.0. The molecular formula is C23H19N3O2S. The van der Waals surface area contributed by atoms with Gasteiger partial charge in [-0.05, 0) is 79.7 Å². The number of nitrogens with zero attached hydrogens (tertiary/aromatic N) is 1. The topological polar surface area (TPSA) is 67.2 Å². The molecule has 1 amide bonds. The minimum atomic E-state index is -0.237. The monoisotopic (exact) mass is 401 g/mol. The lowest BCUT2D eigenvalue weighted by Crippen LogP contribution is -2.34. The molecule has 0 radical (unpaired) electrons. The van der Waals surface area contributed by atoms with Crippen LogP contribution in [0.5, 0.6) is 0 Å². The summed E-state index contributed by atoms with van der Waals surface area (Å²) in [7, 11) is 0. The number of aryl methyl sites for hydroxylation is 2. The Morgan fingerprint density at radius 1 is 1.00 bits per heavy atom. The van der Waals surface area contributed by atoms with E-state index in [9.17, 15) is 4.79 Å². The Bertz CT molecular complexity index is 1210. The van der Waals surface area contributed by atoms with Crippen molar-refractivity contribution in [2.75, 3.05) is 5.32 Å². The van der Waals surface area contributed by atoms with Gasteiger partial charge in [-0.15, -0.1) is 0 Å². The zero-order chi connectivity index (χ0) is 20.4. The average molecular weight is 401 g/mol. The van der Waals surface area contributed by atoms with Crippen molar-refractivity contribution >= 4 is 40.0 Å². The van der Waals surface area contributed by atoms with E-state index in [2.05, 4.69) is 15.6 Å². The van der Waals surface area contributed by atoms with E-state index in [4.69, 9.17) is 16.6 Å². The fourth-order valence-electron chi connectivity index (χ4n) is 3.01. The molecule has 0 saturated heterocycles. The standard InChI is InChI=1S/C23H19N3O2S/c1-14-7-12-19-20(13-14)28-22(25-19)16-8-10-17(11-9-16)24-23(29)26-21(27)18-6-4-3-5-15(18)2/h3-13H,1-2H3,(H2,24,26,27,29). The summed E-state index contributed by atoms with van der Waals surface area (Å²) in [4.78, 5) is 16.9. The lowest BCUT2D eigenvalue weighted by molar-refractivity contribution is 0.0977. The molecule has 0 atom stereocenters. The van der Waals surface area contributed by atoms with E-state index < -0.39 is 0 Å². The second-order valence-corrected chi connectivity index (χ2v) is 7.20.